The summed E-state index contributed by atoms with van der Waals surface area (Å²) in [4.78, 5) is 11.0. The van der Waals surface area contributed by atoms with Crippen LogP contribution in [0, 0.1) is 0 Å². The molecule has 0 saturated carbocycles. The molecule has 0 saturated heterocycles. The highest BCUT2D eigenvalue weighted by atomic mass is 32.1. The molecular weight excluding hydrogens is 661 g/mol. The van der Waals surface area contributed by atoms with Crippen molar-refractivity contribution in [1.29, 1.82) is 0 Å². The molecule has 3 heteroatoms. The van der Waals surface area contributed by atoms with Crippen LogP contribution in [-0.2, 0) is 6.42 Å². The van der Waals surface area contributed by atoms with Crippen molar-refractivity contribution in [2.75, 3.05) is 0 Å². The van der Waals surface area contributed by atoms with Gasteiger partial charge in [-0.1, -0.05) is 140 Å². The van der Waals surface area contributed by atoms with Crippen LogP contribution in [0.2, 0.25) is 0 Å². The normalized spacial score (nSPS) is 12.7. The van der Waals surface area contributed by atoms with Gasteiger partial charge >= 0.3 is 0 Å². The molecule has 0 bridgehead atoms. The Labute approximate surface area is 311 Å². The number of hydrogen-bond acceptors (Lipinski definition) is 3. The van der Waals surface area contributed by atoms with Gasteiger partial charge in [0.15, 0.2) is 0 Å². The first kappa shape index (κ1) is 30.2. The van der Waals surface area contributed by atoms with Crippen molar-refractivity contribution < 1.29 is 0 Å². The van der Waals surface area contributed by atoms with Crippen LogP contribution in [-0.4, -0.2) is 9.97 Å². The van der Waals surface area contributed by atoms with Crippen molar-refractivity contribution in [2.24, 2.45) is 0 Å². The molecule has 53 heavy (non-hydrogen) atoms. The van der Waals surface area contributed by atoms with Crippen LogP contribution in [0.5, 0.6) is 0 Å². The van der Waals surface area contributed by atoms with E-state index in [0.717, 1.165) is 34.6 Å². The SMILES string of the molecule is C1=Cc2c(sc3c(-c4ccc(-c5cccc(-c6cccc(-c7ccc8c(c7)c7ccccc7c7nccnc87)c6)c5)c5ccccc45)cccc23)CC1. The average Bonchev–Trinajstić information content (AvgIpc) is 3.62. The van der Waals surface area contributed by atoms with Gasteiger partial charge in [0.1, 0.15) is 0 Å². The number of thiophene rings is 1. The molecule has 0 radical (unpaired) electrons. The van der Waals surface area contributed by atoms with Crippen LogP contribution >= 0.6 is 11.3 Å². The third kappa shape index (κ3) is 4.85. The summed E-state index contributed by atoms with van der Waals surface area (Å²) in [7, 11) is 0. The predicted octanol–water partition coefficient (Wildman–Crippen LogP) is 13.9. The van der Waals surface area contributed by atoms with Crippen LogP contribution in [0.1, 0.15) is 16.9 Å². The van der Waals surface area contributed by atoms with Crippen molar-refractivity contribution in [3.05, 3.63) is 175 Å². The van der Waals surface area contributed by atoms with E-state index in [1.54, 1.807) is 12.4 Å². The number of benzene rings is 8. The molecule has 1 aliphatic carbocycles. The maximum atomic E-state index is 4.75. The minimum Gasteiger partial charge on any atom is -0.252 e. The van der Waals surface area contributed by atoms with Gasteiger partial charge in [-0.2, -0.15) is 0 Å². The minimum atomic E-state index is 0.943. The van der Waals surface area contributed by atoms with E-state index in [4.69, 9.17) is 9.97 Å². The molecule has 2 aromatic heterocycles. The summed E-state index contributed by atoms with van der Waals surface area (Å²) in [6, 6.07) is 53.6. The van der Waals surface area contributed by atoms with E-state index in [1.165, 1.54) is 86.6 Å². The summed E-state index contributed by atoms with van der Waals surface area (Å²) in [5.41, 5.74) is 13.2. The lowest BCUT2D eigenvalue weighted by Gasteiger charge is -2.14. The van der Waals surface area contributed by atoms with Gasteiger partial charge in [0.25, 0.3) is 0 Å². The Morgan fingerprint density at radius 2 is 1.00 bits per heavy atom. The number of rotatable bonds is 4. The standard InChI is InChI=1S/C50H32N2S/c1-2-15-38-37(14-1)36(24-25-40(38)44-19-9-20-45-41-17-5-6-21-47(41)53-50(44)45)35-13-8-12-33(29-35)31-10-7-11-32(28-31)34-22-23-43-46(30-34)39-16-3-4-18-42(39)48-49(43)52-27-26-51-48/h1-5,7-20,22-30H,6,21H2. The molecule has 0 atom stereocenters. The summed E-state index contributed by atoms with van der Waals surface area (Å²) in [5, 5.41) is 8.58. The number of allylic oxidation sites excluding steroid dienone is 1. The fraction of sp³-hybridized carbons (Fsp3) is 0.0400. The molecule has 0 spiro atoms. The van der Waals surface area contributed by atoms with Gasteiger partial charge in [0, 0.05) is 43.7 Å². The fourth-order valence-corrected chi connectivity index (χ4v) is 9.85. The van der Waals surface area contributed by atoms with Gasteiger partial charge < -0.3 is 0 Å². The third-order valence-corrected chi connectivity index (χ3v) is 12.3. The lowest BCUT2D eigenvalue weighted by Crippen LogP contribution is -1.89. The molecule has 248 valence electrons. The van der Waals surface area contributed by atoms with Crippen molar-refractivity contribution in [2.45, 2.75) is 12.8 Å². The number of aryl methyl sites for hydroxylation is 1. The Bertz CT molecular complexity index is 3100. The second-order valence-corrected chi connectivity index (χ2v) is 15.1. The summed E-state index contributed by atoms with van der Waals surface area (Å²) < 4.78 is 1.39. The highest BCUT2D eigenvalue weighted by Gasteiger charge is 2.18. The summed E-state index contributed by atoms with van der Waals surface area (Å²) in [6.07, 6.45) is 10.5. The minimum absolute atomic E-state index is 0.943. The largest absolute Gasteiger partial charge is 0.252 e. The van der Waals surface area contributed by atoms with Gasteiger partial charge in [-0.3, -0.25) is 9.97 Å². The Morgan fingerprint density at radius 3 is 1.77 bits per heavy atom. The summed E-state index contributed by atoms with van der Waals surface area (Å²) >= 11 is 1.97. The molecule has 2 nitrogen and oxygen atoms in total. The smallest absolute Gasteiger partial charge is 0.0971 e. The van der Waals surface area contributed by atoms with Gasteiger partial charge in [-0.15, -0.1) is 11.3 Å². The van der Waals surface area contributed by atoms with Crippen molar-refractivity contribution in [3.8, 4) is 44.5 Å². The summed E-state index contributed by atoms with van der Waals surface area (Å²) in [5.74, 6) is 0. The van der Waals surface area contributed by atoms with E-state index in [9.17, 15) is 0 Å². The van der Waals surface area contributed by atoms with Gasteiger partial charge in [-0.25, -0.2) is 0 Å². The fourth-order valence-electron chi connectivity index (χ4n) is 8.52. The number of nitrogens with zero attached hydrogens (tertiary/aromatic N) is 2. The predicted molar refractivity (Wildman–Crippen MR) is 227 cm³/mol. The van der Waals surface area contributed by atoms with E-state index in [-0.39, 0.29) is 0 Å². The second kappa shape index (κ2) is 12.1. The first-order valence-corrected chi connectivity index (χ1v) is 19.1. The molecule has 2 heterocycles. The topological polar surface area (TPSA) is 25.8 Å². The van der Waals surface area contributed by atoms with Crippen LogP contribution < -0.4 is 0 Å². The highest BCUT2D eigenvalue weighted by molar-refractivity contribution is 7.20. The van der Waals surface area contributed by atoms with Crippen molar-refractivity contribution in [1.82, 2.24) is 9.97 Å². The number of aromatic nitrogens is 2. The maximum Gasteiger partial charge on any atom is 0.0971 e. The Morgan fingerprint density at radius 1 is 0.415 bits per heavy atom. The zero-order chi connectivity index (χ0) is 34.9. The number of hydrogen-bond donors (Lipinski definition) is 0. The first-order valence-electron chi connectivity index (χ1n) is 18.3. The second-order valence-electron chi connectivity index (χ2n) is 14.0. The quantitative estimate of drug-likeness (QED) is 0.172. The van der Waals surface area contributed by atoms with E-state index in [2.05, 4.69) is 158 Å². The monoisotopic (exact) mass is 692 g/mol. The Kier molecular flexibility index (Phi) is 6.89. The van der Waals surface area contributed by atoms with E-state index in [0.29, 0.717) is 0 Å². The van der Waals surface area contributed by atoms with E-state index in [1.807, 2.05) is 11.3 Å². The Hall–Kier alpha value is -6.42. The lowest BCUT2D eigenvalue weighted by molar-refractivity contribution is 1.02. The molecule has 0 aliphatic heterocycles. The molecule has 0 N–H and O–H groups in total. The molecule has 0 amide bonds. The van der Waals surface area contributed by atoms with Crippen LogP contribution in [0.15, 0.2) is 164 Å². The van der Waals surface area contributed by atoms with Crippen LogP contribution in [0.4, 0.5) is 0 Å². The van der Waals surface area contributed by atoms with E-state index >= 15 is 0 Å². The molecule has 10 aromatic rings. The van der Waals surface area contributed by atoms with Gasteiger partial charge in [0.05, 0.1) is 11.0 Å². The Balaban J connectivity index is 1.00. The molecule has 11 rings (SSSR count). The molecule has 8 aromatic carbocycles. The zero-order valence-electron chi connectivity index (χ0n) is 28.9. The molecule has 0 unspecified atom stereocenters. The van der Waals surface area contributed by atoms with Crippen molar-refractivity contribution in [3.63, 3.8) is 0 Å². The summed E-state index contributed by atoms with van der Waals surface area (Å²) in [6.45, 7) is 0. The third-order valence-electron chi connectivity index (χ3n) is 11.0. The maximum absolute atomic E-state index is 4.75. The zero-order valence-corrected chi connectivity index (χ0v) is 29.7. The van der Waals surface area contributed by atoms with E-state index < -0.39 is 0 Å². The van der Waals surface area contributed by atoms with Crippen LogP contribution in [0.25, 0.3) is 104 Å². The van der Waals surface area contributed by atoms with Crippen molar-refractivity contribution >= 4 is 70.8 Å². The first-order chi connectivity index (χ1) is 26.3. The molecule has 0 fully saturated rings. The molecular formula is C50H32N2S. The highest BCUT2D eigenvalue weighted by Crippen LogP contribution is 2.44. The molecule has 1 aliphatic rings. The van der Waals surface area contributed by atoms with Gasteiger partial charge in [0.2, 0.25) is 0 Å². The lowest BCUT2D eigenvalue weighted by atomic mass is 9.90. The average molecular weight is 693 g/mol. The van der Waals surface area contributed by atoms with Gasteiger partial charge in [-0.05, 0) is 97.1 Å². The number of fused-ring (bicyclic) bond motifs is 10. The van der Waals surface area contributed by atoms with Crippen LogP contribution in [0.3, 0.4) is 0 Å².